The van der Waals surface area contributed by atoms with Gasteiger partial charge in [-0.05, 0) is 13.0 Å². The lowest BCUT2D eigenvalue weighted by Crippen LogP contribution is -2.26. The molecule has 4 nitrogen and oxygen atoms in total. The Kier molecular flexibility index (Phi) is 43.5. The van der Waals surface area contributed by atoms with Gasteiger partial charge in [0.05, 0.1) is 0 Å². The summed E-state index contributed by atoms with van der Waals surface area (Å²) in [5, 5.41) is 5.87. The van der Waals surface area contributed by atoms with Gasteiger partial charge in [-0.25, -0.2) is 0 Å². The Morgan fingerprint density at radius 3 is 1.86 bits per heavy atom. The predicted octanol–water partition coefficient (Wildman–Crippen LogP) is 3.34. The van der Waals surface area contributed by atoms with Gasteiger partial charge in [0.1, 0.15) is 0 Å². The summed E-state index contributed by atoms with van der Waals surface area (Å²) in [6, 6.07) is 0. The summed E-state index contributed by atoms with van der Waals surface area (Å²) in [4.78, 5) is 11.2. The zero-order chi connectivity index (χ0) is 17.5. The van der Waals surface area contributed by atoms with E-state index in [4.69, 9.17) is 0 Å². The average Bonchev–Trinajstić information content (AvgIpc) is 2.56. The fourth-order valence-electron chi connectivity index (χ4n) is 1.02. The molecule has 0 saturated carbocycles. The molecule has 0 aromatic carbocycles. The van der Waals surface area contributed by atoms with Crippen LogP contribution in [0.1, 0.15) is 68.2 Å². The molecule has 0 radical (unpaired) electrons. The Bertz CT molecular complexity index is 201. The highest BCUT2D eigenvalue weighted by atomic mass is 32.2. The summed E-state index contributed by atoms with van der Waals surface area (Å²) in [5.41, 5.74) is 0. The standard InChI is InChI=1S/C10H22N2O2S.3C2H6/c1-3-6-12-10(13)5-8-15(14)9-7-11-4-2;3*1-2/h11H,3-9H2,1-2H3,(H,12,13);3*1-2H3. The molecular weight excluding hydrogens is 284 g/mol. The molecule has 0 fully saturated rings. The van der Waals surface area contributed by atoms with Crippen LogP contribution < -0.4 is 10.6 Å². The minimum absolute atomic E-state index is 0.00801. The lowest BCUT2D eigenvalue weighted by molar-refractivity contribution is -0.120. The van der Waals surface area contributed by atoms with Gasteiger partial charge in [0.2, 0.25) is 5.91 Å². The van der Waals surface area contributed by atoms with E-state index in [1.807, 2.05) is 55.4 Å². The van der Waals surface area contributed by atoms with Crippen LogP contribution in [0.2, 0.25) is 0 Å². The topological polar surface area (TPSA) is 58.2 Å². The Labute approximate surface area is 136 Å². The van der Waals surface area contributed by atoms with Crippen molar-refractivity contribution < 1.29 is 9.00 Å². The molecule has 1 atom stereocenters. The van der Waals surface area contributed by atoms with Crippen LogP contribution in [0.25, 0.3) is 0 Å². The van der Waals surface area contributed by atoms with E-state index in [1.165, 1.54) is 0 Å². The largest absolute Gasteiger partial charge is 0.356 e. The highest BCUT2D eigenvalue weighted by molar-refractivity contribution is 7.85. The van der Waals surface area contributed by atoms with Gasteiger partial charge >= 0.3 is 0 Å². The van der Waals surface area contributed by atoms with Crippen LogP contribution in [-0.4, -0.2) is 41.3 Å². The molecule has 0 aromatic rings. The van der Waals surface area contributed by atoms with Gasteiger partial charge in [-0.2, -0.15) is 0 Å². The Morgan fingerprint density at radius 2 is 1.43 bits per heavy atom. The number of carbonyl (C=O) groups is 1. The second-order valence-electron chi connectivity index (χ2n) is 3.30. The number of nitrogens with one attached hydrogen (secondary N) is 2. The zero-order valence-corrected chi connectivity index (χ0v) is 16.5. The maximum atomic E-state index is 11.4. The van der Waals surface area contributed by atoms with Gasteiger partial charge in [0, 0.05) is 41.8 Å². The normalized spacial score (nSPS) is 9.71. The SMILES string of the molecule is CC.CC.CC.CCCNC(=O)CCS(=O)CCNCC. The molecule has 2 N–H and O–H groups in total. The van der Waals surface area contributed by atoms with E-state index in [1.54, 1.807) is 0 Å². The summed E-state index contributed by atoms with van der Waals surface area (Å²) in [7, 11) is -0.871. The van der Waals surface area contributed by atoms with Crippen molar-refractivity contribution in [2.75, 3.05) is 31.1 Å². The van der Waals surface area contributed by atoms with Crippen LogP contribution in [0, 0.1) is 0 Å². The molecule has 0 aliphatic rings. The van der Waals surface area contributed by atoms with Crippen molar-refractivity contribution in [3.8, 4) is 0 Å². The number of amides is 1. The van der Waals surface area contributed by atoms with E-state index >= 15 is 0 Å². The van der Waals surface area contributed by atoms with E-state index in [-0.39, 0.29) is 5.91 Å². The molecule has 0 heterocycles. The molecule has 21 heavy (non-hydrogen) atoms. The van der Waals surface area contributed by atoms with E-state index in [0.29, 0.717) is 24.5 Å². The molecule has 0 bridgehead atoms. The number of rotatable bonds is 9. The molecule has 0 aliphatic heterocycles. The van der Waals surface area contributed by atoms with Crippen molar-refractivity contribution >= 4 is 16.7 Å². The van der Waals surface area contributed by atoms with Gasteiger partial charge in [0.25, 0.3) is 0 Å². The minimum Gasteiger partial charge on any atom is -0.356 e. The number of carbonyl (C=O) groups excluding carboxylic acids is 1. The highest BCUT2D eigenvalue weighted by Crippen LogP contribution is 1.88. The third-order valence-corrected chi connectivity index (χ3v) is 3.20. The molecule has 1 unspecified atom stereocenters. The van der Waals surface area contributed by atoms with Crippen molar-refractivity contribution in [2.24, 2.45) is 0 Å². The molecule has 1 amide bonds. The summed E-state index contributed by atoms with van der Waals surface area (Å²) in [5.74, 6) is 1.11. The molecule has 0 spiro atoms. The third-order valence-electron chi connectivity index (χ3n) is 1.89. The number of hydrogen-bond donors (Lipinski definition) is 2. The van der Waals surface area contributed by atoms with Crippen molar-refractivity contribution in [1.82, 2.24) is 10.6 Å². The van der Waals surface area contributed by atoms with Gasteiger partial charge in [-0.3, -0.25) is 9.00 Å². The van der Waals surface area contributed by atoms with E-state index < -0.39 is 10.8 Å². The Balaban J connectivity index is -0.000000212. The van der Waals surface area contributed by atoms with Gasteiger partial charge in [-0.1, -0.05) is 55.4 Å². The number of hydrogen-bond acceptors (Lipinski definition) is 3. The van der Waals surface area contributed by atoms with Gasteiger partial charge in [0.15, 0.2) is 0 Å². The van der Waals surface area contributed by atoms with E-state index in [2.05, 4.69) is 10.6 Å². The maximum Gasteiger partial charge on any atom is 0.220 e. The zero-order valence-electron chi connectivity index (χ0n) is 15.7. The molecule has 0 aliphatic carbocycles. The summed E-state index contributed by atoms with van der Waals surface area (Å²) in [6.45, 7) is 18.4. The molecule has 0 aromatic heterocycles. The quantitative estimate of drug-likeness (QED) is 0.640. The second kappa shape index (κ2) is 31.8. The predicted molar refractivity (Wildman–Crippen MR) is 98.4 cm³/mol. The first kappa shape index (κ1) is 28.7. The fourth-order valence-corrected chi connectivity index (χ4v) is 2.01. The molecular formula is C16H40N2O2S. The van der Waals surface area contributed by atoms with E-state index in [9.17, 15) is 9.00 Å². The first-order valence-corrected chi connectivity index (χ1v) is 10.0. The fraction of sp³-hybridized carbons (Fsp3) is 0.938. The lowest BCUT2D eigenvalue weighted by atomic mass is 10.4. The summed E-state index contributed by atoms with van der Waals surface area (Å²) in [6.07, 6.45) is 1.31. The van der Waals surface area contributed by atoms with E-state index in [0.717, 1.165) is 19.5 Å². The van der Waals surface area contributed by atoms with Crippen molar-refractivity contribution in [1.29, 1.82) is 0 Å². The van der Waals surface area contributed by atoms with Crippen LogP contribution >= 0.6 is 0 Å². The first-order chi connectivity index (χ1) is 10.2. The van der Waals surface area contributed by atoms with Crippen LogP contribution in [0.3, 0.4) is 0 Å². The second-order valence-corrected chi connectivity index (χ2v) is 5.00. The van der Waals surface area contributed by atoms with Crippen LogP contribution in [0.5, 0.6) is 0 Å². The monoisotopic (exact) mass is 324 g/mol. The Morgan fingerprint density at radius 1 is 0.905 bits per heavy atom. The Hall–Kier alpha value is -0.420. The lowest BCUT2D eigenvalue weighted by Gasteiger charge is -2.04. The third kappa shape index (κ3) is 32.8. The molecule has 132 valence electrons. The average molecular weight is 325 g/mol. The molecule has 0 saturated heterocycles. The summed E-state index contributed by atoms with van der Waals surface area (Å²) >= 11 is 0. The van der Waals surface area contributed by atoms with Crippen LogP contribution in [-0.2, 0) is 15.6 Å². The van der Waals surface area contributed by atoms with Crippen molar-refractivity contribution in [3.63, 3.8) is 0 Å². The maximum absolute atomic E-state index is 11.4. The van der Waals surface area contributed by atoms with Crippen molar-refractivity contribution in [3.05, 3.63) is 0 Å². The minimum atomic E-state index is -0.871. The van der Waals surface area contributed by atoms with Gasteiger partial charge < -0.3 is 10.6 Å². The van der Waals surface area contributed by atoms with Gasteiger partial charge in [-0.15, -0.1) is 0 Å². The van der Waals surface area contributed by atoms with Crippen LogP contribution in [0.15, 0.2) is 0 Å². The first-order valence-electron chi connectivity index (χ1n) is 8.53. The smallest absolute Gasteiger partial charge is 0.220 e. The molecule has 0 rings (SSSR count). The summed E-state index contributed by atoms with van der Waals surface area (Å²) < 4.78 is 11.4. The highest BCUT2D eigenvalue weighted by Gasteiger charge is 2.04. The van der Waals surface area contributed by atoms with Crippen LogP contribution in [0.4, 0.5) is 0 Å². The van der Waals surface area contributed by atoms with Crippen molar-refractivity contribution in [2.45, 2.75) is 68.2 Å². The molecule has 5 heteroatoms.